The smallest absolute Gasteiger partial charge is 0.320 e. The molecule has 1 aliphatic heterocycles. The van der Waals surface area contributed by atoms with Crippen LogP contribution in [0.4, 0.5) is 4.79 Å². The standard InChI is InChI=1S/C10H8BrClN2O2/c1-10(8(15)13-9(16)14-10)5-2-6(11)4-7(12)3-5/h2-4H,1H3,(H2,13,14,15,16). The van der Waals surface area contributed by atoms with Gasteiger partial charge in [0, 0.05) is 9.50 Å². The molecule has 1 aromatic rings. The third-order valence-electron chi connectivity index (χ3n) is 2.48. The van der Waals surface area contributed by atoms with E-state index in [0.717, 1.165) is 4.47 Å². The number of imide groups is 1. The summed E-state index contributed by atoms with van der Waals surface area (Å²) in [5.74, 6) is -0.383. The Bertz CT molecular complexity index is 471. The van der Waals surface area contributed by atoms with Gasteiger partial charge in [0.1, 0.15) is 5.54 Å². The highest BCUT2D eigenvalue weighted by Gasteiger charge is 2.43. The zero-order chi connectivity index (χ0) is 11.9. The summed E-state index contributed by atoms with van der Waals surface area (Å²) in [7, 11) is 0. The first-order valence-corrected chi connectivity index (χ1v) is 5.69. The van der Waals surface area contributed by atoms with E-state index in [1.165, 1.54) is 0 Å². The molecule has 3 amide bonds. The molecule has 2 rings (SSSR count). The van der Waals surface area contributed by atoms with Gasteiger partial charge in [-0.05, 0) is 30.7 Å². The second-order valence-electron chi connectivity index (χ2n) is 3.69. The lowest BCUT2D eigenvalue weighted by Crippen LogP contribution is -2.40. The molecule has 4 nitrogen and oxygen atoms in total. The molecule has 1 unspecified atom stereocenters. The maximum absolute atomic E-state index is 11.7. The van der Waals surface area contributed by atoms with Crippen molar-refractivity contribution in [3.63, 3.8) is 0 Å². The molecule has 1 heterocycles. The Morgan fingerprint density at radius 1 is 1.31 bits per heavy atom. The highest BCUT2D eigenvalue weighted by molar-refractivity contribution is 9.10. The summed E-state index contributed by atoms with van der Waals surface area (Å²) in [6.45, 7) is 1.63. The van der Waals surface area contributed by atoms with Gasteiger partial charge in [-0.1, -0.05) is 27.5 Å². The lowest BCUT2D eigenvalue weighted by molar-refractivity contribution is -0.123. The minimum absolute atomic E-state index is 0.383. The van der Waals surface area contributed by atoms with Gasteiger partial charge in [0.15, 0.2) is 0 Å². The van der Waals surface area contributed by atoms with E-state index >= 15 is 0 Å². The Labute approximate surface area is 105 Å². The Hall–Kier alpha value is -1.07. The van der Waals surface area contributed by atoms with Crippen LogP contribution in [0.15, 0.2) is 22.7 Å². The van der Waals surface area contributed by atoms with Gasteiger partial charge in [-0.2, -0.15) is 0 Å². The fraction of sp³-hybridized carbons (Fsp3) is 0.200. The number of halogens is 2. The number of carbonyl (C=O) groups is 2. The van der Waals surface area contributed by atoms with Crippen molar-refractivity contribution in [2.75, 3.05) is 0 Å². The van der Waals surface area contributed by atoms with E-state index in [4.69, 9.17) is 11.6 Å². The highest BCUT2D eigenvalue weighted by atomic mass is 79.9. The van der Waals surface area contributed by atoms with Gasteiger partial charge in [-0.3, -0.25) is 10.1 Å². The quantitative estimate of drug-likeness (QED) is 0.781. The molecule has 1 saturated heterocycles. The summed E-state index contributed by atoms with van der Waals surface area (Å²) in [6.07, 6.45) is 0. The van der Waals surface area contributed by atoms with Gasteiger partial charge in [-0.25, -0.2) is 4.79 Å². The average molecular weight is 304 g/mol. The predicted molar refractivity (Wildman–Crippen MR) is 63.2 cm³/mol. The van der Waals surface area contributed by atoms with Crippen molar-refractivity contribution in [3.8, 4) is 0 Å². The van der Waals surface area contributed by atoms with Gasteiger partial charge >= 0.3 is 6.03 Å². The minimum Gasteiger partial charge on any atom is -0.320 e. The van der Waals surface area contributed by atoms with Crippen LogP contribution in [0.25, 0.3) is 0 Å². The molecule has 0 bridgehead atoms. The van der Waals surface area contributed by atoms with Crippen LogP contribution in [-0.4, -0.2) is 11.9 Å². The molecule has 16 heavy (non-hydrogen) atoms. The number of benzene rings is 1. The zero-order valence-corrected chi connectivity index (χ0v) is 10.6. The van der Waals surface area contributed by atoms with E-state index in [9.17, 15) is 9.59 Å². The first-order chi connectivity index (χ1) is 7.41. The van der Waals surface area contributed by atoms with Crippen molar-refractivity contribution in [1.29, 1.82) is 0 Å². The summed E-state index contributed by atoms with van der Waals surface area (Å²) in [4.78, 5) is 22.8. The third-order valence-corrected chi connectivity index (χ3v) is 3.16. The van der Waals surface area contributed by atoms with Crippen LogP contribution in [0.2, 0.25) is 5.02 Å². The predicted octanol–water partition coefficient (Wildman–Crippen LogP) is 2.16. The van der Waals surface area contributed by atoms with Crippen LogP contribution < -0.4 is 10.6 Å². The van der Waals surface area contributed by atoms with Crippen molar-refractivity contribution in [3.05, 3.63) is 33.3 Å². The summed E-state index contributed by atoms with van der Waals surface area (Å²) in [6, 6.07) is 4.61. The summed E-state index contributed by atoms with van der Waals surface area (Å²) in [5.41, 5.74) is -0.431. The number of nitrogens with one attached hydrogen (secondary N) is 2. The van der Waals surface area contributed by atoms with E-state index < -0.39 is 11.6 Å². The van der Waals surface area contributed by atoms with Crippen molar-refractivity contribution in [1.82, 2.24) is 10.6 Å². The molecule has 0 radical (unpaired) electrons. The molecule has 6 heteroatoms. The molecule has 0 saturated carbocycles. The van der Waals surface area contributed by atoms with Gasteiger partial charge in [0.2, 0.25) is 0 Å². The normalized spacial score (nSPS) is 24.2. The number of hydrogen-bond donors (Lipinski definition) is 2. The zero-order valence-electron chi connectivity index (χ0n) is 8.30. The molecule has 0 aliphatic carbocycles. The molecule has 1 aromatic carbocycles. The molecular formula is C10H8BrClN2O2. The fourth-order valence-electron chi connectivity index (χ4n) is 1.59. The molecule has 1 fully saturated rings. The lowest BCUT2D eigenvalue weighted by Gasteiger charge is -2.21. The topological polar surface area (TPSA) is 58.2 Å². The number of amides is 3. The van der Waals surface area contributed by atoms with Crippen LogP contribution in [-0.2, 0) is 10.3 Å². The van der Waals surface area contributed by atoms with E-state index in [1.54, 1.807) is 25.1 Å². The number of hydrogen-bond acceptors (Lipinski definition) is 2. The van der Waals surface area contributed by atoms with E-state index in [0.29, 0.717) is 10.6 Å². The maximum Gasteiger partial charge on any atom is 0.322 e. The maximum atomic E-state index is 11.7. The molecule has 0 aromatic heterocycles. The third kappa shape index (κ3) is 1.81. The van der Waals surface area contributed by atoms with Gasteiger partial charge in [0.05, 0.1) is 0 Å². The number of carbonyl (C=O) groups excluding carboxylic acids is 2. The number of urea groups is 1. The molecule has 1 atom stereocenters. The lowest BCUT2D eigenvalue weighted by atomic mass is 9.92. The summed E-state index contributed by atoms with van der Waals surface area (Å²) >= 11 is 9.19. The first kappa shape index (κ1) is 11.4. The van der Waals surface area contributed by atoms with E-state index in [2.05, 4.69) is 26.6 Å². The van der Waals surface area contributed by atoms with Gasteiger partial charge in [-0.15, -0.1) is 0 Å². The Morgan fingerprint density at radius 3 is 2.50 bits per heavy atom. The van der Waals surface area contributed by atoms with Crippen molar-refractivity contribution in [2.24, 2.45) is 0 Å². The van der Waals surface area contributed by atoms with Crippen molar-refractivity contribution in [2.45, 2.75) is 12.5 Å². The van der Waals surface area contributed by atoms with Crippen LogP contribution >= 0.6 is 27.5 Å². The molecule has 2 N–H and O–H groups in total. The van der Waals surface area contributed by atoms with Crippen molar-refractivity contribution >= 4 is 39.5 Å². The van der Waals surface area contributed by atoms with Gasteiger partial charge < -0.3 is 5.32 Å². The fourth-order valence-corrected chi connectivity index (χ4v) is 2.45. The monoisotopic (exact) mass is 302 g/mol. The Morgan fingerprint density at radius 2 is 2.00 bits per heavy atom. The Kier molecular flexibility index (Phi) is 2.67. The average Bonchev–Trinajstić information content (AvgIpc) is 2.40. The summed E-state index contributed by atoms with van der Waals surface area (Å²) < 4.78 is 0.755. The van der Waals surface area contributed by atoms with Crippen molar-refractivity contribution < 1.29 is 9.59 Å². The second-order valence-corrected chi connectivity index (χ2v) is 5.04. The Balaban J connectivity index is 2.51. The molecule has 1 aliphatic rings. The van der Waals surface area contributed by atoms with Crippen LogP contribution in [0.3, 0.4) is 0 Å². The summed E-state index contributed by atoms with van der Waals surface area (Å²) in [5, 5.41) is 5.27. The first-order valence-electron chi connectivity index (χ1n) is 4.52. The molecule has 0 spiro atoms. The molecule has 84 valence electrons. The largest absolute Gasteiger partial charge is 0.322 e. The van der Waals surface area contributed by atoms with Gasteiger partial charge in [0.25, 0.3) is 5.91 Å². The highest BCUT2D eigenvalue weighted by Crippen LogP contribution is 2.29. The van der Waals surface area contributed by atoms with E-state index in [1.807, 2.05) is 0 Å². The molecular weight excluding hydrogens is 295 g/mol. The SMILES string of the molecule is CC1(c2cc(Cl)cc(Br)c2)NC(=O)NC1=O. The van der Waals surface area contributed by atoms with Crippen LogP contribution in [0.1, 0.15) is 12.5 Å². The number of rotatable bonds is 1. The van der Waals surface area contributed by atoms with Crippen LogP contribution in [0, 0.1) is 0 Å². The minimum atomic E-state index is -1.06. The van der Waals surface area contributed by atoms with E-state index in [-0.39, 0.29) is 5.91 Å². The van der Waals surface area contributed by atoms with Crippen LogP contribution in [0.5, 0.6) is 0 Å². The second kappa shape index (κ2) is 3.75.